The number of rotatable bonds is 2. The van der Waals surface area contributed by atoms with Gasteiger partial charge in [-0.3, -0.25) is 4.79 Å². The fourth-order valence-corrected chi connectivity index (χ4v) is 2.65. The zero-order chi connectivity index (χ0) is 13.4. The van der Waals surface area contributed by atoms with Crippen LogP contribution in [-0.2, 0) is 6.42 Å². The van der Waals surface area contributed by atoms with Crippen LogP contribution in [0.2, 0.25) is 10.0 Å². The lowest BCUT2D eigenvalue weighted by Gasteiger charge is -2.06. The smallest absolute Gasteiger partial charge is 0.194 e. The zero-order valence-corrected chi connectivity index (χ0v) is 11.5. The van der Waals surface area contributed by atoms with Crippen molar-refractivity contribution in [3.63, 3.8) is 0 Å². The van der Waals surface area contributed by atoms with Crippen molar-refractivity contribution >= 4 is 29.0 Å². The summed E-state index contributed by atoms with van der Waals surface area (Å²) in [6.07, 6.45) is 0.838. The van der Waals surface area contributed by atoms with E-state index < -0.39 is 0 Å². The van der Waals surface area contributed by atoms with Crippen molar-refractivity contribution in [3.8, 4) is 5.75 Å². The quantitative estimate of drug-likeness (QED) is 0.777. The minimum absolute atomic E-state index is 0.101. The van der Waals surface area contributed by atoms with E-state index in [1.54, 1.807) is 24.3 Å². The van der Waals surface area contributed by atoms with Crippen LogP contribution in [0.25, 0.3) is 0 Å². The summed E-state index contributed by atoms with van der Waals surface area (Å²) in [5.41, 5.74) is 2.15. The molecule has 0 aromatic heterocycles. The van der Waals surface area contributed by atoms with Crippen LogP contribution in [0.3, 0.4) is 0 Å². The van der Waals surface area contributed by atoms with Gasteiger partial charge in [-0.1, -0.05) is 23.2 Å². The number of benzene rings is 2. The highest BCUT2D eigenvalue weighted by atomic mass is 35.5. The monoisotopic (exact) mass is 292 g/mol. The number of carbonyl (C=O) groups is 1. The molecule has 96 valence electrons. The second-order valence-corrected chi connectivity index (χ2v) is 5.22. The van der Waals surface area contributed by atoms with Crippen LogP contribution in [0.15, 0.2) is 36.4 Å². The summed E-state index contributed by atoms with van der Waals surface area (Å²) in [5.74, 6) is 0.759. The van der Waals surface area contributed by atoms with Crippen LogP contribution in [0.5, 0.6) is 5.75 Å². The van der Waals surface area contributed by atoms with Gasteiger partial charge in [-0.2, -0.15) is 0 Å². The molecule has 1 aliphatic heterocycles. The van der Waals surface area contributed by atoms with Crippen LogP contribution in [0, 0.1) is 0 Å². The summed E-state index contributed by atoms with van der Waals surface area (Å²) in [4.78, 5) is 12.4. The number of fused-ring (bicyclic) bond motifs is 1. The fourth-order valence-electron chi connectivity index (χ4n) is 2.16. The predicted molar refractivity (Wildman–Crippen MR) is 75.5 cm³/mol. The second-order valence-electron chi connectivity index (χ2n) is 4.37. The first kappa shape index (κ1) is 12.5. The Morgan fingerprint density at radius 2 is 1.95 bits per heavy atom. The molecule has 2 aromatic carbocycles. The van der Waals surface area contributed by atoms with Gasteiger partial charge >= 0.3 is 0 Å². The molecule has 0 atom stereocenters. The van der Waals surface area contributed by atoms with Gasteiger partial charge in [0.2, 0.25) is 0 Å². The van der Waals surface area contributed by atoms with Crippen molar-refractivity contribution in [1.29, 1.82) is 0 Å². The number of carbonyl (C=O) groups excluding carboxylic acids is 1. The number of ether oxygens (including phenoxy) is 1. The van der Waals surface area contributed by atoms with E-state index in [0.29, 0.717) is 27.8 Å². The lowest BCUT2D eigenvalue weighted by molar-refractivity contribution is 0.103. The average Bonchev–Trinajstić information content (AvgIpc) is 2.85. The van der Waals surface area contributed by atoms with E-state index in [-0.39, 0.29) is 5.78 Å². The van der Waals surface area contributed by atoms with Gasteiger partial charge < -0.3 is 4.74 Å². The van der Waals surface area contributed by atoms with Crippen LogP contribution in [-0.4, -0.2) is 12.4 Å². The number of ketones is 1. The van der Waals surface area contributed by atoms with Crippen molar-refractivity contribution in [2.24, 2.45) is 0 Å². The van der Waals surface area contributed by atoms with E-state index in [2.05, 4.69) is 0 Å². The van der Waals surface area contributed by atoms with E-state index in [9.17, 15) is 4.79 Å². The number of hydrogen-bond donors (Lipinski definition) is 0. The van der Waals surface area contributed by atoms with Crippen molar-refractivity contribution in [3.05, 3.63) is 63.1 Å². The Hall–Kier alpha value is -1.51. The lowest BCUT2D eigenvalue weighted by Crippen LogP contribution is -2.02. The van der Waals surface area contributed by atoms with Gasteiger partial charge in [-0.25, -0.2) is 0 Å². The second kappa shape index (κ2) is 4.87. The molecule has 0 fully saturated rings. The van der Waals surface area contributed by atoms with Gasteiger partial charge in [0.25, 0.3) is 0 Å². The van der Waals surface area contributed by atoms with Gasteiger partial charge in [0, 0.05) is 22.6 Å². The molecule has 1 heterocycles. The largest absolute Gasteiger partial charge is 0.493 e. The molecule has 4 heteroatoms. The molecule has 0 radical (unpaired) electrons. The van der Waals surface area contributed by atoms with Crippen molar-refractivity contribution in [2.45, 2.75) is 6.42 Å². The fraction of sp³-hybridized carbons (Fsp3) is 0.133. The Morgan fingerprint density at radius 3 is 2.74 bits per heavy atom. The van der Waals surface area contributed by atoms with E-state index >= 15 is 0 Å². The Bertz CT molecular complexity index is 665. The van der Waals surface area contributed by atoms with Crippen LogP contribution >= 0.6 is 23.2 Å². The molecule has 1 aliphatic rings. The maximum Gasteiger partial charge on any atom is 0.194 e. The van der Waals surface area contributed by atoms with E-state index in [0.717, 1.165) is 17.7 Å². The lowest BCUT2D eigenvalue weighted by atomic mass is 10.0. The molecule has 0 saturated heterocycles. The summed E-state index contributed by atoms with van der Waals surface area (Å²) in [6, 6.07) is 10.4. The number of hydrogen-bond acceptors (Lipinski definition) is 2. The third kappa shape index (κ3) is 2.34. The first-order valence-corrected chi connectivity index (χ1v) is 6.66. The highest BCUT2D eigenvalue weighted by Crippen LogP contribution is 2.28. The average molecular weight is 293 g/mol. The molecule has 2 nitrogen and oxygen atoms in total. The molecule has 2 aromatic rings. The third-order valence-corrected chi connectivity index (χ3v) is 3.68. The Balaban J connectivity index is 2.00. The van der Waals surface area contributed by atoms with Gasteiger partial charge in [-0.15, -0.1) is 0 Å². The molecular formula is C15H10Cl2O2. The molecule has 0 bridgehead atoms. The summed E-state index contributed by atoms with van der Waals surface area (Å²) < 4.78 is 5.42. The maximum atomic E-state index is 12.4. The SMILES string of the molecule is O=C(c1ccc2c(c1)CCO2)c1ccc(Cl)cc1Cl. The van der Waals surface area contributed by atoms with Crippen LogP contribution in [0.4, 0.5) is 0 Å². The maximum absolute atomic E-state index is 12.4. The molecule has 0 saturated carbocycles. The summed E-state index contributed by atoms with van der Waals surface area (Å²) in [7, 11) is 0. The van der Waals surface area contributed by atoms with E-state index in [4.69, 9.17) is 27.9 Å². The van der Waals surface area contributed by atoms with Crippen molar-refractivity contribution in [2.75, 3.05) is 6.61 Å². The molecule has 0 spiro atoms. The van der Waals surface area contributed by atoms with Gasteiger partial charge in [0.05, 0.1) is 11.6 Å². The van der Waals surface area contributed by atoms with Gasteiger partial charge in [0.1, 0.15) is 5.75 Å². The van der Waals surface area contributed by atoms with Gasteiger partial charge in [0.15, 0.2) is 5.78 Å². The minimum atomic E-state index is -0.101. The Kier molecular flexibility index (Phi) is 3.21. The van der Waals surface area contributed by atoms with E-state index in [1.165, 1.54) is 0 Å². The summed E-state index contributed by atoms with van der Waals surface area (Å²) in [5, 5.41) is 0.887. The van der Waals surface area contributed by atoms with E-state index in [1.807, 2.05) is 12.1 Å². The van der Waals surface area contributed by atoms with Crippen molar-refractivity contribution < 1.29 is 9.53 Å². The third-order valence-electron chi connectivity index (χ3n) is 3.13. The Labute approximate surface area is 120 Å². The molecule has 0 unspecified atom stereocenters. The van der Waals surface area contributed by atoms with Gasteiger partial charge in [-0.05, 0) is 42.0 Å². The molecule has 0 aliphatic carbocycles. The highest BCUT2D eigenvalue weighted by Gasteiger charge is 2.17. The van der Waals surface area contributed by atoms with Crippen molar-refractivity contribution in [1.82, 2.24) is 0 Å². The molecular weight excluding hydrogens is 283 g/mol. The Morgan fingerprint density at radius 1 is 1.11 bits per heavy atom. The number of halogens is 2. The molecule has 0 N–H and O–H groups in total. The van der Waals surface area contributed by atoms with Crippen LogP contribution in [0.1, 0.15) is 21.5 Å². The highest BCUT2D eigenvalue weighted by molar-refractivity contribution is 6.37. The molecule has 0 amide bonds. The molecule has 3 rings (SSSR count). The predicted octanol–water partition coefficient (Wildman–Crippen LogP) is 4.16. The topological polar surface area (TPSA) is 26.3 Å². The van der Waals surface area contributed by atoms with Crippen LogP contribution < -0.4 is 4.74 Å². The standard InChI is InChI=1S/C15H10Cl2O2/c16-11-2-3-12(13(17)8-11)15(18)10-1-4-14-9(7-10)5-6-19-14/h1-4,7-8H,5-6H2. The first-order valence-electron chi connectivity index (χ1n) is 5.90. The normalized spacial score (nSPS) is 12.9. The molecule has 19 heavy (non-hydrogen) atoms. The first-order chi connectivity index (χ1) is 9.15. The summed E-state index contributed by atoms with van der Waals surface area (Å²) >= 11 is 11.9. The minimum Gasteiger partial charge on any atom is -0.493 e. The summed E-state index contributed by atoms with van der Waals surface area (Å²) in [6.45, 7) is 0.675. The zero-order valence-electron chi connectivity index (χ0n) is 9.95.